The smallest absolute Gasteiger partial charge is 0.245 e. The van der Waals surface area contributed by atoms with Gasteiger partial charge in [0, 0.05) is 6.54 Å². The van der Waals surface area contributed by atoms with Crippen LogP contribution < -0.4 is 9.46 Å². The molecule has 22 heavy (non-hydrogen) atoms. The summed E-state index contributed by atoms with van der Waals surface area (Å²) < 4.78 is 37.0. The third-order valence-electron chi connectivity index (χ3n) is 3.33. The number of hydrogen-bond acceptors (Lipinski definition) is 5. The number of sulfonamides is 1. The molecule has 0 atom stereocenters. The lowest BCUT2D eigenvalue weighted by Crippen LogP contribution is -2.26. The van der Waals surface area contributed by atoms with Crippen LogP contribution in [0.5, 0.6) is 5.75 Å². The number of aromatic nitrogens is 1. The molecule has 0 bridgehead atoms. The fourth-order valence-corrected chi connectivity index (χ4v) is 3.62. The van der Waals surface area contributed by atoms with E-state index in [1.165, 1.54) is 0 Å². The maximum Gasteiger partial charge on any atom is 0.245 e. The monoisotopic (exact) mass is 324 g/mol. The minimum absolute atomic E-state index is 0.136. The molecule has 2 rings (SSSR count). The molecule has 0 fully saturated rings. The molecule has 0 unspecified atom stereocenters. The van der Waals surface area contributed by atoms with E-state index in [-0.39, 0.29) is 4.90 Å². The van der Waals surface area contributed by atoms with Gasteiger partial charge in [-0.1, -0.05) is 17.3 Å². The topological polar surface area (TPSA) is 81.4 Å². The van der Waals surface area contributed by atoms with Crippen molar-refractivity contribution in [2.24, 2.45) is 0 Å². The number of methoxy groups -OCH3 is 1. The Morgan fingerprint density at radius 2 is 1.91 bits per heavy atom. The molecule has 0 saturated heterocycles. The standard InChI is InChI=1S/C15H20N2O4S/c1-11-15(12(2)21-17-11)22(18,19)16-10-4-5-13-6-8-14(20-3)9-7-13/h6-9,16H,4-5,10H2,1-3H3. The Morgan fingerprint density at radius 3 is 2.45 bits per heavy atom. The zero-order chi connectivity index (χ0) is 16.2. The SMILES string of the molecule is COc1ccc(CCCNS(=O)(=O)c2c(C)noc2C)cc1. The van der Waals surface area contributed by atoms with Crippen molar-refractivity contribution in [1.82, 2.24) is 9.88 Å². The van der Waals surface area contributed by atoms with E-state index in [4.69, 9.17) is 9.26 Å². The van der Waals surface area contributed by atoms with Gasteiger partial charge in [-0.05, 0) is 44.4 Å². The highest BCUT2D eigenvalue weighted by Crippen LogP contribution is 2.18. The molecule has 120 valence electrons. The van der Waals surface area contributed by atoms with Crippen LogP contribution in [0.15, 0.2) is 33.7 Å². The molecule has 0 spiro atoms. The molecule has 1 heterocycles. The van der Waals surface area contributed by atoms with Gasteiger partial charge in [0.2, 0.25) is 10.0 Å². The van der Waals surface area contributed by atoms with Gasteiger partial charge in [0.1, 0.15) is 16.3 Å². The lowest BCUT2D eigenvalue weighted by atomic mass is 10.1. The molecule has 0 aliphatic carbocycles. The Bertz CT molecular complexity index is 701. The van der Waals surface area contributed by atoms with Crippen LogP contribution in [0.3, 0.4) is 0 Å². The molecule has 1 N–H and O–H groups in total. The molecule has 1 aromatic carbocycles. The minimum atomic E-state index is -3.57. The van der Waals surface area contributed by atoms with Crippen LogP contribution in [0, 0.1) is 13.8 Å². The van der Waals surface area contributed by atoms with E-state index in [2.05, 4.69) is 9.88 Å². The van der Waals surface area contributed by atoms with Crippen molar-refractivity contribution in [2.45, 2.75) is 31.6 Å². The highest BCUT2D eigenvalue weighted by Gasteiger charge is 2.23. The molecular weight excluding hydrogens is 304 g/mol. The van der Waals surface area contributed by atoms with Gasteiger partial charge in [-0.3, -0.25) is 0 Å². The molecule has 7 heteroatoms. The fourth-order valence-electron chi connectivity index (χ4n) is 2.22. The summed E-state index contributed by atoms with van der Waals surface area (Å²) in [6.07, 6.45) is 1.49. The summed E-state index contributed by atoms with van der Waals surface area (Å²) in [5.41, 5.74) is 1.51. The predicted octanol–water partition coefficient (Wildman–Crippen LogP) is 2.21. The zero-order valence-corrected chi connectivity index (χ0v) is 13.7. The van der Waals surface area contributed by atoms with Crippen LogP contribution >= 0.6 is 0 Å². The average molecular weight is 324 g/mol. The Kier molecular flexibility index (Phi) is 5.20. The van der Waals surface area contributed by atoms with Crippen molar-refractivity contribution < 1.29 is 17.7 Å². The first-order chi connectivity index (χ1) is 10.4. The largest absolute Gasteiger partial charge is 0.497 e. The van der Waals surface area contributed by atoms with Crippen LogP contribution in [0.2, 0.25) is 0 Å². The van der Waals surface area contributed by atoms with E-state index >= 15 is 0 Å². The second kappa shape index (κ2) is 6.93. The summed E-state index contributed by atoms with van der Waals surface area (Å²) in [4.78, 5) is 0.136. The summed E-state index contributed by atoms with van der Waals surface area (Å²) >= 11 is 0. The molecule has 1 aromatic heterocycles. The van der Waals surface area contributed by atoms with Crippen molar-refractivity contribution in [2.75, 3.05) is 13.7 Å². The minimum Gasteiger partial charge on any atom is -0.497 e. The van der Waals surface area contributed by atoms with Crippen LogP contribution in [-0.4, -0.2) is 27.2 Å². The fraction of sp³-hybridized carbons (Fsp3) is 0.400. The first kappa shape index (κ1) is 16.5. The van der Waals surface area contributed by atoms with Crippen LogP contribution in [0.25, 0.3) is 0 Å². The van der Waals surface area contributed by atoms with Crippen molar-refractivity contribution in [3.05, 3.63) is 41.3 Å². The maximum absolute atomic E-state index is 12.2. The number of nitrogens with one attached hydrogen (secondary N) is 1. The highest BCUT2D eigenvalue weighted by molar-refractivity contribution is 7.89. The summed E-state index contributed by atoms with van der Waals surface area (Å²) in [6.45, 7) is 3.56. The summed E-state index contributed by atoms with van der Waals surface area (Å²) in [5.74, 6) is 1.11. The zero-order valence-electron chi connectivity index (χ0n) is 12.9. The number of hydrogen-bond donors (Lipinski definition) is 1. The number of benzene rings is 1. The lowest BCUT2D eigenvalue weighted by molar-refractivity contribution is 0.390. The third kappa shape index (κ3) is 3.86. The predicted molar refractivity (Wildman–Crippen MR) is 82.5 cm³/mol. The number of ether oxygens (including phenoxy) is 1. The van der Waals surface area contributed by atoms with Gasteiger partial charge < -0.3 is 9.26 Å². The van der Waals surface area contributed by atoms with Gasteiger partial charge in [-0.2, -0.15) is 0 Å². The summed E-state index contributed by atoms with van der Waals surface area (Å²) in [5, 5.41) is 3.67. The Hall–Kier alpha value is -1.86. The van der Waals surface area contributed by atoms with E-state index in [1.807, 2.05) is 24.3 Å². The highest BCUT2D eigenvalue weighted by atomic mass is 32.2. The van der Waals surface area contributed by atoms with Crippen LogP contribution in [0.4, 0.5) is 0 Å². The van der Waals surface area contributed by atoms with E-state index in [0.717, 1.165) is 17.7 Å². The maximum atomic E-state index is 12.2. The van der Waals surface area contributed by atoms with Crippen LogP contribution in [0.1, 0.15) is 23.4 Å². The summed E-state index contributed by atoms with van der Waals surface area (Å²) in [6, 6.07) is 7.73. The number of rotatable bonds is 7. The van der Waals surface area contributed by atoms with Gasteiger partial charge in [-0.25, -0.2) is 13.1 Å². The quantitative estimate of drug-likeness (QED) is 0.790. The van der Waals surface area contributed by atoms with Gasteiger partial charge in [0.05, 0.1) is 7.11 Å². The molecule has 0 aliphatic rings. The molecule has 0 saturated carbocycles. The number of aryl methyl sites for hydroxylation is 3. The van der Waals surface area contributed by atoms with Crippen molar-refractivity contribution in [1.29, 1.82) is 0 Å². The number of nitrogens with zero attached hydrogens (tertiary/aromatic N) is 1. The first-order valence-electron chi connectivity index (χ1n) is 6.99. The van der Waals surface area contributed by atoms with Crippen LogP contribution in [-0.2, 0) is 16.4 Å². The van der Waals surface area contributed by atoms with E-state index < -0.39 is 10.0 Å². The molecule has 2 aromatic rings. The van der Waals surface area contributed by atoms with Crippen molar-refractivity contribution in [3.63, 3.8) is 0 Å². The molecular formula is C15H20N2O4S. The lowest BCUT2D eigenvalue weighted by Gasteiger charge is -2.07. The molecule has 0 radical (unpaired) electrons. The van der Waals surface area contributed by atoms with Gasteiger partial charge in [0.25, 0.3) is 0 Å². The third-order valence-corrected chi connectivity index (χ3v) is 5.03. The second-order valence-electron chi connectivity index (χ2n) is 5.00. The molecule has 0 aliphatic heterocycles. The average Bonchev–Trinajstić information content (AvgIpc) is 2.84. The Labute approximate surface area is 130 Å². The van der Waals surface area contributed by atoms with Gasteiger partial charge >= 0.3 is 0 Å². The van der Waals surface area contributed by atoms with Crippen molar-refractivity contribution >= 4 is 10.0 Å². The Morgan fingerprint density at radius 1 is 1.23 bits per heavy atom. The summed E-state index contributed by atoms with van der Waals surface area (Å²) in [7, 11) is -1.95. The first-order valence-corrected chi connectivity index (χ1v) is 8.48. The molecule has 0 amide bonds. The normalized spacial score (nSPS) is 11.6. The van der Waals surface area contributed by atoms with E-state index in [1.54, 1.807) is 21.0 Å². The Balaban J connectivity index is 1.88. The van der Waals surface area contributed by atoms with Gasteiger partial charge in [0.15, 0.2) is 5.76 Å². The van der Waals surface area contributed by atoms with E-state index in [9.17, 15) is 8.42 Å². The van der Waals surface area contributed by atoms with E-state index in [0.29, 0.717) is 24.4 Å². The van der Waals surface area contributed by atoms with Crippen molar-refractivity contribution in [3.8, 4) is 5.75 Å². The van der Waals surface area contributed by atoms with Gasteiger partial charge in [-0.15, -0.1) is 0 Å². The molecule has 6 nitrogen and oxygen atoms in total. The second-order valence-corrected chi connectivity index (χ2v) is 6.71.